The zero-order valence-electron chi connectivity index (χ0n) is 11.3. The molecule has 1 heterocycles. The fourth-order valence-electron chi connectivity index (χ4n) is 2.45. The van der Waals surface area contributed by atoms with Gasteiger partial charge in [-0.1, -0.05) is 49.0 Å². The molecule has 0 aliphatic heterocycles. The third-order valence-electron chi connectivity index (χ3n) is 3.54. The SMILES string of the molecule is C=C(c1ccccc1)c1cn(C)c2ccccc2c1=O. The molecule has 20 heavy (non-hydrogen) atoms. The number of fused-ring (bicyclic) bond motifs is 1. The third kappa shape index (κ3) is 1.95. The Morgan fingerprint density at radius 2 is 1.65 bits per heavy atom. The first-order valence-electron chi connectivity index (χ1n) is 6.51. The molecule has 0 bridgehead atoms. The zero-order valence-corrected chi connectivity index (χ0v) is 11.3. The summed E-state index contributed by atoms with van der Waals surface area (Å²) in [5.74, 6) is 0. The minimum Gasteiger partial charge on any atom is -0.350 e. The first kappa shape index (κ1) is 12.4. The number of hydrogen-bond acceptors (Lipinski definition) is 1. The second kappa shape index (κ2) is 4.82. The van der Waals surface area contributed by atoms with Crippen molar-refractivity contribution in [2.45, 2.75) is 0 Å². The first-order chi connectivity index (χ1) is 9.68. The van der Waals surface area contributed by atoms with Crippen LogP contribution >= 0.6 is 0 Å². The van der Waals surface area contributed by atoms with Crippen molar-refractivity contribution in [1.29, 1.82) is 0 Å². The maximum Gasteiger partial charge on any atom is 0.197 e. The summed E-state index contributed by atoms with van der Waals surface area (Å²) in [5.41, 5.74) is 3.35. The Morgan fingerprint density at radius 3 is 2.40 bits per heavy atom. The molecule has 2 heteroatoms. The Morgan fingerprint density at radius 1 is 1.00 bits per heavy atom. The number of aryl methyl sites for hydroxylation is 1. The van der Waals surface area contributed by atoms with Crippen molar-refractivity contribution in [3.05, 3.63) is 88.7 Å². The highest BCUT2D eigenvalue weighted by atomic mass is 16.1. The fourth-order valence-corrected chi connectivity index (χ4v) is 2.45. The first-order valence-corrected chi connectivity index (χ1v) is 6.51. The van der Waals surface area contributed by atoms with Crippen LogP contribution in [0, 0.1) is 0 Å². The number of aromatic nitrogens is 1. The van der Waals surface area contributed by atoms with Gasteiger partial charge in [0, 0.05) is 24.2 Å². The summed E-state index contributed by atoms with van der Waals surface area (Å²) in [4.78, 5) is 12.6. The van der Waals surface area contributed by atoms with E-state index in [9.17, 15) is 4.79 Å². The molecule has 2 aromatic carbocycles. The van der Waals surface area contributed by atoms with E-state index >= 15 is 0 Å². The van der Waals surface area contributed by atoms with Gasteiger partial charge in [-0.2, -0.15) is 0 Å². The summed E-state index contributed by atoms with van der Waals surface area (Å²) in [7, 11) is 1.95. The van der Waals surface area contributed by atoms with Crippen molar-refractivity contribution in [3.8, 4) is 0 Å². The average Bonchev–Trinajstić information content (AvgIpc) is 2.51. The number of rotatable bonds is 2. The summed E-state index contributed by atoms with van der Waals surface area (Å²) in [6, 6.07) is 17.4. The number of benzene rings is 2. The van der Waals surface area contributed by atoms with Crippen LogP contribution in [0.1, 0.15) is 11.1 Å². The van der Waals surface area contributed by atoms with Gasteiger partial charge >= 0.3 is 0 Å². The van der Waals surface area contributed by atoms with Gasteiger partial charge in [0.15, 0.2) is 5.43 Å². The van der Waals surface area contributed by atoms with E-state index in [0.29, 0.717) is 5.56 Å². The van der Waals surface area contributed by atoms with Gasteiger partial charge in [-0.15, -0.1) is 0 Å². The molecular formula is C18H15NO. The van der Waals surface area contributed by atoms with E-state index in [1.165, 1.54) is 0 Å². The van der Waals surface area contributed by atoms with Crippen LogP contribution in [0.15, 0.2) is 72.2 Å². The molecule has 0 radical (unpaired) electrons. The van der Waals surface area contributed by atoms with Crippen LogP contribution in [-0.4, -0.2) is 4.57 Å². The molecule has 3 rings (SSSR count). The largest absolute Gasteiger partial charge is 0.350 e. The lowest BCUT2D eigenvalue weighted by Crippen LogP contribution is -2.12. The second-order valence-electron chi connectivity index (χ2n) is 4.84. The monoisotopic (exact) mass is 261 g/mol. The van der Waals surface area contributed by atoms with Crippen LogP contribution < -0.4 is 5.43 Å². The van der Waals surface area contributed by atoms with Crippen molar-refractivity contribution in [2.75, 3.05) is 0 Å². The fraction of sp³-hybridized carbons (Fsp3) is 0.0556. The van der Waals surface area contributed by atoms with Gasteiger partial charge < -0.3 is 4.57 Å². The van der Waals surface area contributed by atoms with Gasteiger partial charge in [-0.3, -0.25) is 4.79 Å². The van der Waals surface area contributed by atoms with E-state index in [0.717, 1.165) is 22.0 Å². The van der Waals surface area contributed by atoms with E-state index in [-0.39, 0.29) is 5.43 Å². The van der Waals surface area contributed by atoms with E-state index in [2.05, 4.69) is 6.58 Å². The van der Waals surface area contributed by atoms with E-state index < -0.39 is 0 Å². The molecule has 1 aromatic heterocycles. The molecule has 0 aliphatic rings. The number of para-hydroxylation sites is 1. The van der Waals surface area contributed by atoms with Gasteiger partial charge in [0.05, 0.1) is 5.52 Å². The summed E-state index contributed by atoms with van der Waals surface area (Å²) < 4.78 is 1.97. The Bertz CT molecular complexity index is 844. The predicted octanol–water partition coefficient (Wildman–Crippen LogP) is 3.60. The Labute approximate surface area is 117 Å². The molecule has 0 saturated heterocycles. The highest BCUT2D eigenvalue weighted by Crippen LogP contribution is 2.20. The maximum atomic E-state index is 12.6. The van der Waals surface area contributed by atoms with Gasteiger partial charge in [-0.05, 0) is 23.3 Å². The molecule has 0 fully saturated rings. The molecule has 3 aromatic rings. The molecule has 0 aliphatic carbocycles. The molecular weight excluding hydrogens is 246 g/mol. The lowest BCUT2D eigenvalue weighted by atomic mass is 9.99. The highest BCUT2D eigenvalue weighted by Gasteiger charge is 2.10. The van der Waals surface area contributed by atoms with Gasteiger partial charge in [0.2, 0.25) is 0 Å². The lowest BCUT2D eigenvalue weighted by molar-refractivity contribution is 0.946. The molecule has 0 atom stereocenters. The van der Waals surface area contributed by atoms with Crippen molar-refractivity contribution < 1.29 is 0 Å². The van der Waals surface area contributed by atoms with Crippen LogP contribution in [0.2, 0.25) is 0 Å². The van der Waals surface area contributed by atoms with E-state index in [4.69, 9.17) is 0 Å². The minimum absolute atomic E-state index is 0.0348. The average molecular weight is 261 g/mol. The summed E-state index contributed by atoms with van der Waals surface area (Å²) in [5, 5.41) is 0.726. The summed E-state index contributed by atoms with van der Waals surface area (Å²) >= 11 is 0. The smallest absolute Gasteiger partial charge is 0.197 e. The van der Waals surface area contributed by atoms with Crippen LogP contribution in [0.5, 0.6) is 0 Å². The molecule has 2 nitrogen and oxygen atoms in total. The highest BCUT2D eigenvalue weighted by molar-refractivity contribution is 5.86. The molecule has 0 N–H and O–H groups in total. The maximum absolute atomic E-state index is 12.6. The Hall–Kier alpha value is -2.61. The lowest BCUT2D eigenvalue weighted by Gasteiger charge is -2.11. The molecule has 0 unspecified atom stereocenters. The third-order valence-corrected chi connectivity index (χ3v) is 3.54. The zero-order chi connectivity index (χ0) is 14.1. The normalized spacial score (nSPS) is 10.7. The number of pyridine rings is 1. The van der Waals surface area contributed by atoms with Gasteiger partial charge in [0.1, 0.15) is 0 Å². The van der Waals surface area contributed by atoms with Crippen molar-refractivity contribution >= 4 is 16.5 Å². The van der Waals surface area contributed by atoms with Crippen LogP contribution in [0.3, 0.4) is 0 Å². The van der Waals surface area contributed by atoms with Crippen molar-refractivity contribution in [1.82, 2.24) is 4.57 Å². The van der Waals surface area contributed by atoms with E-state index in [1.54, 1.807) is 0 Å². The minimum atomic E-state index is 0.0348. The predicted molar refractivity (Wildman–Crippen MR) is 83.8 cm³/mol. The molecule has 0 amide bonds. The van der Waals surface area contributed by atoms with E-state index in [1.807, 2.05) is 72.4 Å². The number of nitrogens with zero attached hydrogens (tertiary/aromatic N) is 1. The van der Waals surface area contributed by atoms with Crippen molar-refractivity contribution in [3.63, 3.8) is 0 Å². The molecule has 0 saturated carbocycles. The van der Waals surface area contributed by atoms with Crippen molar-refractivity contribution in [2.24, 2.45) is 7.05 Å². The Kier molecular flexibility index (Phi) is 2.99. The summed E-state index contributed by atoms with van der Waals surface area (Å²) in [6.07, 6.45) is 1.86. The molecule has 0 spiro atoms. The Balaban J connectivity index is 2.26. The number of hydrogen-bond donors (Lipinski definition) is 0. The summed E-state index contributed by atoms with van der Waals surface area (Å²) in [6.45, 7) is 4.09. The second-order valence-corrected chi connectivity index (χ2v) is 4.84. The van der Waals surface area contributed by atoms with Crippen LogP contribution in [0.4, 0.5) is 0 Å². The standard InChI is InChI=1S/C18H15NO/c1-13(14-8-4-3-5-9-14)16-12-19(2)17-11-7-6-10-15(17)18(16)20/h3-12H,1H2,2H3. The van der Waals surface area contributed by atoms with Gasteiger partial charge in [0.25, 0.3) is 0 Å². The van der Waals surface area contributed by atoms with Crippen LogP contribution in [0.25, 0.3) is 16.5 Å². The molecule has 98 valence electrons. The topological polar surface area (TPSA) is 22.0 Å². The van der Waals surface area contributed by atoms with Gasteiger partial charge in [-0.25, -0.2) is 0 Å². The quantitative estimate of drug-likeness (QED) is 0.691. The van der Waals surface area contributed by atoms with Crippen LogP contribution in [-0.2, 0) is 7.05 Å².